The number of rotatable bonds is 4. The van der Waals surface area contributed by atoms with Gasteiger partial charge in [-0.05, 0) is 56.1 Å². The van der Waals surface area contributed by atoms with E-state index in [0.717, 1.165) is 12.1 Å². The van der Waals surface area contributed by atoms with Crippen molar-refractivity contribution < 1.29 is 24.1 Å². The minimum Gasteiger partial charge on any atom is -0.394 e. The first-order valence-corrected chi connectivity index (χ1v) is 7.64. The van der Waals surface area contributed by atoms with Gasteiger partial charge in [0.1, 0.15) is 11.5 Å². The fourth-order valence-corrected chi connectivity index (χ4v) is 2.39. The molecular formula is C13H6Br2N2O7. The summed E-state index contributed by atoms with van der Waals surface area (Å²) in [6.07, 6.45) is -1.19. The normalized spacial score (nSPS) is 10.1. The predicted octanol–water partition coefficient (Wildman–Crippen LogP) is 4.61. The van der Waals surface area contributed by atoms with Crippen molar-refractivity contribution in [3.63, 3.8) is 0 Å². The molecule has 0 aliphatic carbocycles. The fourth-order valence-electron chi connectivity index (χ4n) is 1.61. The molecule has 0 bridgehead atoms. The lowest BCUT2D eigenvalue weighted by molar-refractivity contribution is -0.385. The number of carbonyl (C=O) groups is 1. The van der Waals surface area contributed by atoms with Gasteiger partial charge in [0.25, 0.3) is 11.4 Å². The number of nitrogens with zero attached hydrogens (tertiary/aromatic N) is 2. The second kappa shape index (κ2) is 7.36. The van der Waals surface area contributed by atoms with Crippen LogP contribution >= 0.6 is 31.9 Å². The van der Waals surface area contributed by atoms with E-state index in [0.29, 0.717) is 0 Å². The third-order valence-corrected chi connectivity index (χ3v) is 3.97. The van der Waals surface area contributed by atoms with E-state index in [-0.39, 0.29) is 31.8 Å². The molecule has 0 radical (unpaired) electrons. The highest BCUT2D eigenvalue weighted by atomic mass is 79.9. The molecule has 0 aromatic heterocycles. The van der Waals surface area contributed by atoms with Crippen molar-refractivity contribution in [1.29, 1.82) is 0 Å². The summed E-state index contributed by atoms with van der Waals surface area (Å²) >= 11 is 6.00. The van der Waals surface area contributed by atoms with Crippen molar-refractivity contribution in [3.05, 3.63) is 65.6 Å². The van der Waals surface area contributed by atoms with Crippen LogP contribution in [0.2, 0.25) is 0 Å². The van der Waals surface area contributed by atoms with Gasteiger partial charge in [0, 0.05) is 0 Å². The van der Waals surface area contributed by atoms with Crippen LogP contribution < -0.4 is 9.47 Å². The Morgan fingerprint density at radius 3 is 1.54 bits per heavy atom. The number of benzene rings is 2. The van der Waals surface area contributed by atoms with E-state index in [1.54, 1.807) is 0 Å². The van der Waals surface area contributed by atoms with Crippen molar-refractivity contribution >= 4 is 49.4 Å². The average Bonchev–Trinajstić information content (AvgIpc) is 2.50. The summed E-state index contributed by atoms with van der Waals surface area (Å²) in [5.41, 5.74) is -0.584. The molecule has 0 atom stereocenters. The van der Waals surface area contributed by atoms with Gasteiger partial charge in [-0.25, -0.2) is 4.79 Å². The molecule has 24 heavy (non-hydrogen) atoms. The number of nitro benzene ring substituents is 2. The van der Waals surface area contributed by atoms with Gasteiger partial charge in [0.15, 0.2) is 0 Å². The van der Waals surface area contributed by atoms with Crippen LogP contribution in [0.5, 0.6) is 11.5 Å². The van der Waals surface area contributed by atoms with Gasteiger partial charge < -0.3 is 9.47 Å². The molecule has 124 valence electrons. The third kappa shape index (κ3) is 4.26. The van der Waals surface area contributed by atoms with Gasteiger partial charge in [-0.2, -0.15) is 0 Å². The first-order valence-electron chi connectivity index (χ1n) is 6.05. The van der Waals surface area contributed by atoms with E-state index >= 15 is 0 Å². The van der Waals surface area contributed by atoms with E-state index in [1.807, 2.05) is 0 Å². The van der Waals surface area contributed by atoms with Crippen LogP contribution in [0.3, 0.4) is 0 Å². The van der Waals surface area contributed by atoms with Crippen molar-refractivity contribution in [2.75, 3.05) is 0 Å². The lowest BCUT2D eigenvalue weighted by Crippen LogP contribution is -2.14. The minimum atomic E-state index is -1.19. The second-order valence-electron chi connectivity index (χ2n) is 4.19. The lowest BCUT2D eigenvalue weighted by atomic mass is 10.3. The zero-order valence-electron chi connectivity index (χ0n) is 11.5. The Morgan fingerprint density at radius 1 is 0.833 bits per heavy atom. The van der Waals surface area contributed by atoms with Gasteiger partial charge in [-0.1, -0.05) is 0 Å². The molecular weight excluding hydrogens is 456 g/mol. The zero-order valence-corrected chi connectivity index (χ0v) is 14.6. The SMILES string of the molecule is O=C(Oc1ccc(Br)c([N+](=O)[O-])c1)Oc1ccc(Br)c([N+](=O)[O-])c1. The Labute approximate surface area is 150 Å². The molecule has 0 aliphatic heterocycles. The molecule has 0 fully saturated rings. The number of halogens is 2. The molecule has 2 aromatic carbocycles. The zero-order chi connectivity index (χ0) is 17.9. The fraction of sp³-hybridized carbons (Fsp3) is 0. The molecule has 0 heterocycles. The maximum absolute atomic E-state index is 11.7. The smallest absolute Gasteiger partial charge is 0.394 e. The van der Waals surface area contributed by atoms with Crippen molar-refractivity contribution in [2.45, 2.75) is 0 Å². The minimum absolute atomic E-state index is 0.110. The number of hydrogen-bond donors (Lipinski definition) is 0. The lowest BCUT2D eigenvalue weighted by Gasteiger charge is -2.06. The average molecular weight is 462 g/mol. The van der Waals surface area contributed by atoms with Crippen LogP contribution in [-0.2, 0) is 0 Å². The quantitative estimate of drug-likeness (QED) is 0.282. The van der Waals surface area contributed by atoms with Gasteiger partial charge in [0.2, 0.25) is 0 Å². The van der Waals surface area contributed by atoms with E-state index in [9.17, 15) is 25.0 Å². The van der Waals surface area contributed by atoms with Gasteiger partial charge >= 0.3 is 6.16 Å². The standard InChI is InChI=1S/C13H6Br2N2O7/c14-9-3-1-7(5-11(9)16(19)20)23-13(18)24-8-2-4-10(15)12(6-8)17(21)22/h1-6H. The molecule has 0 amide bonds. The Morgan fingerprint density at radius 2 is 1.21 bits per heavy atom. The molecule has 0 unspecified atom stereocenters. The molecule has 0 spiro atoms. The van der Waals surface area contributed by atoms with E-state index in [1.165, 1.54) is 24.3 Å². The van der Waals surface area contributed by atoms with E-state index in [4.69, 9.17) is 9.47 Å². The van der Waals surface area contributed by atoms with Crippen LogP contribution in [0.15, 0.2) is 45.3 Å². The number of carbonyl (C=O) groups excluding carboxylic acids is 1. The molecule has 9 nitrogen and oxygen atoms in total. The Balaban J connectivity index is 2.14. The molecule has 0 N–H and O–H groups in total. The monoisotopic (exact) mass is 460 g/mol. The molecule has 0 saturated heterocycles. The maximum atomic E-state index is 11.7. The van der Waals surface area contributed by atoms with Crippen LogP contribution in [-0.4, -0.2) is 16.0 Å². The molecule has 0 saturated carbocycles. The van der Waals surface area contributed by atoms with Crippen molar-refractivity contribution in [1.82, 2.24) is 0 Å². The first kappa shape index (κ1) is 17.8. The highest BCUT2D eigenvalue weighted by Gasteiger charge is 2.18. The number of hydrogen-bond acceptors (Lipinski definition) is 7. The van der Waals surface area contributed by atoms with Gasteiger partial charge in [-0.3, -0.25) is 20.2 Å². The van der Waals surface area contributed by atoms with Gasteiger partial charge in [0.05, 0.1) is 30.9 Å². The van der Waals surface area contributed by atoms with Crippen LogP contribution in [0.1, 0.15) is 0 Å². The Kier molecular flexibility index (Phi) is 5.46. The van der Waals surface area contributed by atoms with Gasteiger partial charge in [-0.15, -0.1) is 0 Å². The highest BCUT2D eigenvalue weighted by molar-refractivity contribution is 9.11. The van der Waals surface area contributed by atoms with E-state index < -0.39 is 16.0 Å². The van der Waals surface area contributed by atoms with Crippen LogP contribution in [0, 0.1) is 20.2 Å². The molecule has 0 aliphatic rings. The van der Waals surface area contributed by atoms with Crippen molar-refractivity contribution in [3.8, 4) is 11.5 Å². The summed E-state index contributed by atoms with van der Waals surface area (Å²) in [6.45, 7) is 0. The van der Waals surface area contributed by atoms with Crippen LogP contribution in [0.4, 0.5) is 16.2 Å². The summed E-state index contributed by atoms with van der Waals surface area (Å²) in [5.74, 6) is -0.219. The van der Waals surface area contributed by atoms with Crippen LogP contribution in [0.25, 0.3) is 0 Å². The molecule has 2 rings (SSSR count). The summed E-state index contributed by atoms with van der Waals surface area (Å²) in [5, 5.41) is 21.6. The summed E-state index contributed by atoms with van der Waals surface area (Å²) in [4.78, 5) is 32.0. The third-order valence-electron chi connectivity index (χ3n) is 2.63. The molecule has 2 aromatic rings. The summed E-state index contributed by atoms with van der Waals surface area (Å²) in [6, 6.07) is 7.39. The number of ether oxygens (including phenoxy) is 2. The summed E-state index contributed by atoms with van der Waals surface area (Å²) in [7, 11) is 0. The van der Waals surface area contributed by atoms with E-state index in [2.05, 4.69) is 31.9 Å². The second-order valence-corrected chi connectivity index (χ2v) is 5.90. The highest BCUT2D eigenvalue weighted by Crippen LogP contribution is 2.31. The Hall–Kier alpha value is -2.53. The largest absolute Gasteiger partial charge is 0.519 e. The predicted molar refractivity (Wildman–Crippen MR) is 88.2 cm³/mol. The topological polar surface area (TPSA) is 122 Å². The van der Waals surface area contributed by atoms with Crippen molar-refractivity contribution in [2.24, 2.45) is 0 Å². The maximum Gasteiger partial charge on any atom is 0.519 e. The Bertz CT molecular complexity index is 774. The summed E-state index contributed by atoms with van der Waals surface area (Å²) < 4.78 is 10.1. The molecule has 11 heteroatoms. The number of nitro groups is 2. The first-order chi connectivity index (χ1) is 11.3.